The smallest absolute Gasteiger partial charge is 0.272 e. The number of aryl methyl sites for hydroxylation is 1. The summed E-state index contributed by atoms with van der Waals surface area (Å²) in [5.41, 5.74) is -1.29. The molecule has 4 amide bonds. The van der Waals surface area contributed by atoms with Crippen LogP contribution in [-0.2, 0) is 31.5 Å². The van der Waals surface area contributed by atoms with Crippen molar-refractivity contribution in [1.29, 1.82) is 0 Å². The average Bonchev–Trinajstić information content (AvgIpc) is 4.04. The zero-order chi connectivity index (χ0) is 40.6. The van der Waals surface area contributed by atoms with E-state index in [1.807, 2.05) is 12.2 Å². The molecule has 306 valence electrons. The van der Waals surface area contributed by atoms with E-state index in [4.69, 9.17) is 14.2 Å². The predicted molar refractivity (Wildman–Crippen MR) is 204 cm³/mol. The van der Waals surface area contributed by atoms with Crippen LogP contribution in [0.4, 0.5) is 4.39 Å². The predicted octanol–water partition coefficient (Wildman–Crippen LogP) is 3.05. The number of halogens is 1. The summed E-state index contributed by atoms with van der Waals surface area (Å²) < 4.78 is 62.1. The first kappa shape index (κ1) is 40.0. The second kappa shape index (κ2) is 15.9. The maximum absolute atomic E-state index is 14.9. The Hall–Kier alpha value is -5.26. The van der Waals surface area contributed by atoms with Crippen molar-refractivity contribution in [3.8, 4) is 17.4 Å². The molecule has 0 bridgehead atoms. The Kier molecular flexibility index (Phi) is 11.2. The van der Waals surface area contributed by atoms with Gasteiger partial charge in [0, 0.05) is 37.0 Å². The molecule has 2 aromatic heterocycles. The van der Waals surface area contributed by atoms with Crippen LogP contribution in [0.5, 0.6) is 17.4 Å². The van der Waals surface area contributed by atoms with Crippen LogP contribution in [0.15, 0.2) is 42.6 Å². The number of fused-ring (bicyclic) bond motifs is 3. The van der Waals surface area contributed by atoms with Crippen LogP contribution >= 0.6 is 0 Å². The minimum atomic E-state index is -3.93. The fourth-order valence-corrected chi connectivity index (χ4v) is 8.94. The zero-order valence-electron chi connectivity index (χ0n) is 32.3. The Morgan fingerprint density at radius 2 is 1.89 bits per heavy atom. The molecule has 3 aromatic rings. The number of allylic oxidation sites excluding steroid dienone is 1. The number of hydrogen-bond donors (Lipinski definition) is 3. The van der Waals surface area contributed by atoms with E-state index in [2.05, 4.69) is 25.4 Å². The lowest BCUT2D eigenvalue weighted by Gasteiger charge is -2.29. The van der Waals surface area contributed by atoms with Gasteiger partial charge in [-0.25, -0.2) is 17.8 Å². The van der Waals surface area contributed by atoms with Gasteiger partial charge in [-0.2, -0.15) is 5.10 Å². The minimum Gasteiger partial charge on any atom is -0.491 e. The van der Waals surface area contributed by atoms with E-state index in [1.165, 1.54) is 34.9 Å². The SMILES string of the molecule is COc1c(F)ccc2c(O[C@@H]3C[C@H]4C(=O)N[C@]5(C(=O)NS(=O)(=O)C6CC6)C[C@H]5C=CCCCCC[C@H](NC(=O)c5ccn(C)n5)C(=O)N4C3)cc(OC(C)C)nc12. The molecule has 7 rings (SSSR count). The topological polar surface area (TPSA) is 200 Å². The first-order valence-corrected chi connectivity index (χ1v) is 20.9. The molecular weight excluding hydrogens is 762 g/mol. The third-order valence-electron chi connectivity index (χ3n) is 10.8. The molecule has 0 unspecified atom stereocenters. The van der Waals surface area contributed by atoms with Gasteiger partial charge in [0.25, 0.3) is 11.8 Å². The number of methoxy groups -OCH3 is 1. The van der Waals surface area contributed by atoms with E-state index in [1.54, 1.807) is 33.2 Å². The van der Waals surface area contributed by atoms with Gasteiger partial charge in [-0.05, 0) is 70.6 Å². The highest BCUT2D eigenvalue weighted by Crippen LogP contribution is 2.46. The summed E-state index contributed by atoms with van der Waals surface area (Å²) in [4.78, 5) is 62.1. The molecule has 16 nitrogen and oxygen atoms in total. The van der Waals surface area contributed by atoms with Crippen LogP contribution in [-0.4, -0.2) is 100 Å². The maximum Gasteiger partial charge on any atom is 0.272 e. The van der Waals surface area contributed by atoms with Crippen LogP contribution in [0.1, 0.15) is 82.1 Å². The summed E-state index contributed by atoms with van der Waals surface area (Å²) in [6.45, 7) is 3.51. The fourth-order valence-electron chi connectivity index (χ4n) is 7.58. The molecule has 2 aliphatic heterocycles. The number of rotatable bonds is 10. The Labute approximate surface area is 329 Å². The minimum absolute atomic E-state index is 0.0421. The third kappa shape index (κ3) is 8.55. The van der Waals surface area contributed by atoms with Gasteiger partial charge < -0.3 is 29.7 Å². The van der Waals surface area contributed by atoms with Crippen LogP contribution in [0, 0.1) is 11.7 Å². The highest BCUT2D eigenvalue weighted by molar-refractivity contribution is 7.91. The normalized spacial score (nSPS) is 25.5. The van der Waals surface area contributed by atoms with Crippen LogP contribution in [0.25, 0.3) is 10.9 Å². The van der Waals surface area contributed by atoms with Crippen molar-refractivity contribution >= 4 is 44.6 Å². The van der Waals surface area contributed by atoms with E-state index in [-0.39, 0.29) is 60.5 Å². The van der Waals surface area contributed by atoms with Crippen LogP contribution in [0.3, 0.4) is 0 Å². The lowest BCUT2D eigenvalue weighted by Crippen LogP contribution is -2.58. The molecule has 4 heterocycles. The number of ether oxygens (including phenoxy) is 3. The molecule has 1 saturated heterocycles. The summed E-state index contributed by atoms with van der Waals surface area (Å²) in [5, 5.41) is 9.61. The standard InChI is InChI=1S/C39H48FN7O9S/c1-22(2)55-32-19-31(26-14-15-27(40)34(54-4)33(26)42-32)56-24-18-30-36(49)43-39(38(51)45-57(52,53)25-12-13-25)20-23(39)10-8-6-5-7-9-11-29(37(50)47(30)21-24)41-35(48)28-16-17-46(3)44-28/h8,10,14-17,19,22-25,29-30H,5-7,9,11-13,18,20-21H2,1-4H3,(H,41,48)(H,43,49)(H,45,51)/t23-,24-,29+,30+,39-/m1/s1. The molecule has 2 aliphatic carbocycles. The number of carbonyl (C=O) groups is 4. The number of pyridine rings is 1. The highest BCUT2D eigenvalue weighted by atomic mass is 32.2. The number of aromatic nitrogens is 3. The van der Waals surface area contributed by atoms with E-state index >= 15 is 0 Å². The molecular formula is C39H48FN7O9S. The highest BCUT2D eigenvalue weighted by Gasteiger charge is 2.62. The van der Waals surface area contributed by atoms with Crippen molar-refractivity contribution in [2.75, 3.05) is 13.7 Å². The van der Waals surface area contributed by atoms with Gasteiger partial charge in [0.05, 0.1) is 25.0 Å². The number of benzene rings is 1. The van der Waals surface area contributed by atoms with Crippen molar-refractivity contribution in [3.05, 3.63) is 54.1 Å². The number of amides is 4. The van der Waals surface area contributed by atoms with Gasteiger partial charge in [0.1, 0.15) is 40.7 Å². The zero-order valence-corrected chi connectivity index (χ0v) is 33.1. The number of sulfonamides is 1. The van der Waals surface area contributed by atoms with Gasteiger partial charge >= 0.3 is 0 Å². The van der Waals surface area contributed by atoms with Crippen LogP contribution in [0.2, 0.25) is 0 Å². The molecule has 18 heteroatoms. The molecule has 1 aromatic carbocycles. The third-order valence-corrected chi connectivity index (χ3v) is 12.6. The summed E-state index contributed by atoms with van der Waals surface area (Å²) in [6.07, 6.45) is 8.32. The van der Waals surface area contributed by atoms with Gasteiger partial charge in [-0.3, -0.25) is 28.6 Å². The monoisotopic (exact) mass is 809 g/mol. The lowest BCUT2D eigenvalue weighted by molar-refractivity contribution is -0.141. The van der Waals surface area contributed by atoms with E-state index in [0.717, 1.165) is 12.8 Å². The lowest BCUT2D eigenvalue weighted by atomic mass is 10.0. The number of carbonyl (C=O) groups excluding carboxylic acids is 4. The average molecular weight is 810 g/mol. The summed E-state index contributed by atoms with van der Waals surface area (Å²) >= 11 is 0. The first-order valence-electron chi connectivity index (χ1n) is 19.4. The summed E-state index contributed by atoms with van der Waals surface area (Å²) in [7, 11) is -0.942. The fraction of sp³-hybridized carbons (Fsp3) is 0.538. The second-order valence-corrected chi connectivity index (χ2v) is 17.5. The molecule has 2 saturated carbocycles. The van der Waals surface area contributed by atoms with Gasteiger partial charge in [0.15, 0.2) is 11.6 Å². The van der Waals surface area contributed by atoms with Crippen molar-refractivity contribution < 1.29 is 46.2 Å². The van der Waals surface area contributed by atoms with Crippen LogP contribution < -0.4 is 29.6 Å². The quantitative estimate of drug-likeness (QED) is 0.255. The molecule has 57 heavy (non-hydrogen) atoms. The van der Waals surface area contributed by atoms with Gasteiger partial charge in [-0.15, -0.1) is 0 Å². The number of hydrogen-bond acceptors (Lipinski definition) is 11. The van der Waals surface area contributed by atoms with Gasteiger partial charge in [-0.1, -0.05) is 25.0 Å². The Balaban J connectivity index is 1.23. The number of nitrogens with zero attached hydrogens (tertiary/aromatic N) is 4. The van der Waals surface area contributed by atoms with Crippen molar-refractivity contribution in [3.63, 3.8) is 0 Å². The van der Waals surface area contributed by atoms with E-state index in [9.17, 15) is 32.0 Å². The van der Waals surface area contributed by atoms with E-state index < -0.39 is 74.4 Å². The summed E-state index contributed by atoms with van der Waals surface area (Å²) in [6, 6.07) is 3.56. The van der Waals surface area contributed by atoms with Gasteiger partial charge in [0.2, 0.25) is 27.7 Å². The van der Waals surface area contributed by atoms with Crippen molar-refractivity contribution in [2.24, 2.45) is 13.0 Å². The van der Waals surface area contributed by atoms with Crippen molar-refractivity contribution in [1.82, 2.24) is 35.0 Å². The largest absolute Gasteiger partial charge is 0.491 e. The molecule has 3 fully saturated rings. The van der Waals surface area contributed by atoms with Crippen molar-refractivity contribution in [2.45, 2.75) is 107 Å². The second-order valence-electron chi connectivity index (χ2n) is 15.5. The Bertz CT molecular complexity index is 2210. The summed E-state index contributed by atoms with van der Waals surface area (Å²) in [5.74, 6) is -3.45. The molecule has 0 radical (unpaired) electrons. The number of nitrogens with one attached hydrogen (secondary N) is 3. The first-order chi connectivity index (χ1) is 27.2. The Morgan fingerprint density at radius 3 is 2.60 bits per heavy atom. The maximum atomic E-state index is 14.9. The molecule has 5 atom stereocenters. The Morgan fingerprint density at radius 1 is 1.11 bits per heavy atom. The molecule has 3 N–H and O–H groups in total. The van der Waals surface area contributed by atoms with E-state index in [0.29, 0.717) is 31.1 Å². The molecule has 0 spiro atoms. The molecule has 4 aliphatic rings.